The van der Waals surface area contributed by atoms with Crippen LogP contribution in [0.2, 0.25) is 0 Å². The first-order valence-corrected chi connectivity index (χ1v) is 20.4. The number of unbranched alkanes of at least 4 members (excludes halogenated alkanes) is 2. The molecule has 0 saturated heterocycles. The number of hydrogen-bond acceptors (Lipinski definition) is 9. The summed E-state index contributed by atoms with van der Waals surface area (Å²) in [6.45, 7) is 4.28. The molecule has 10 nitrogen and oxygen atoms in total. The fourth-order valence-electron chi connectivity index (χ4n) is 6.31. The lowest BCUT2D eigenvalue weighted by molar-refractivity contribution is -0.141. The maximum Gasteiger partial charge on any atom is 0.327 e. The highest BCUT2D eigenvalue weighted by molar-refractivity contribution is 7.98. The van der Waals surface area contributed by atoms with Crippen LogP contribution >= 0.6 is 24.4 Å². The van der Waals surface area contributed by atoms with Crippen LogP contribution < -0.4 is 20.3 Å². The fourth-order valence-corrected chi connectivity index (χ4v) is 9.22. The van der Waals surface area contributed by atoms with Crippen LogP contribution in [0.4, 0.5) is 11.4 Å². The maximum atomic E-state index is 14.4. The van der Waals surface area contributed by atoms with Crippen LogP contribution in [0.3, 0.4) is 0 Å². The second-order valence-corrected chi connectivity index (χ2v) is 15.8. The Hall–Kier alpha value is -3.68. The minimum atomic E-state index is -3.80. The number of amides is 2. The Bertz CT molecular complexity index is 1710. The van der Waals surface area contributed by atoms with Gasteiger partial charge in [-0.3, -0.25) is 9.59 Å². The first-order valence-electron chi connectivity index (χ1n) is 16.9. The summed E-state index contributed by atoms with van der Waals surface area (Å²) >= 11 is 5.39. The molecule has 13 heteroatoms. The second kappa shape index (κ2) is 18.0. The van der Waals surface area contributed by atoms with Gasteiger partial charge >= 0.3 is 5.97 Å². The van der Waals surface area contributed by atoms with Crippen molar-refractivity contribution < 1.29 is 32.6 Å². The van der Waals surface area contributed by atoms with Gasteiger partial charge in [-0.1, -0.05) is 88.1 Å². The molecule has 0 fully saturated rings. The van der Waals surface area contributed by atoms with E-state index >= 15 is 0 Å². The number of carbonyl (C=O) groups is 3. The number of anilines is 2. The van der Waals surface area contributed by atoms with Crippen molar-refractivity contribution in [2.45, 2.75) is 74.2 Å². The highest BCUT2D eigenvalue weighted by Crippen LogP contribution is 2.47. The number of sulfone groups is 1. The van der Waals surface area contributed by atoms with Crippen LogP contribution in [-0.2, 0) is 24.2 Å². The van der Waals surface area contributed by atoms with Crippen LogP contribution in [0.15, 0.2) is 82.6 Å². The van der Waals surface area contributed by atoms with Crippen LogP contribution in [0.5, 0.6) is 5.75 Å². The summed E-state index contributed by atoms with van der Waals surface area (Å²) < 4.78 is 34.8. The average molecular weight is 742 g/mol. The van der Waals surface area contributed by atoms with E-state index in [9.17, 15) is 27.9 Å². The van der Waals surface area contributed by atoms with Gasteiger partial charge in [-0.2, -0.15) is 12.6 Å². The number of benzene rings is 3. The molecule has 2 amide bonds. The van der Waals surface area contributed by atoms with Crippen molar-refractivity contribution >= 4 is 63.4 Å². The molecule has 0 unspecified atom stereocenters. The van der Waals surface area contributed by atoms with Crippen molar-refractivity contribution in [2.75, 3.05) is 35.8 Å². The van der Waals surface area contributed by atoms with Crippen molar-refractivity contribution in [1.82, 2.24) is 10.6 Å². The standard InChI is InChI=1S/C37H47N3O7S3/c1-4-6-18-37(19-7-5-2)24-40(27-16-12-9-13-17-27)29-20-31(49-3)30(21-32(29)50(45,46)25-37)47-22-33(41)39-34(26-14-10-8-11-15-26)35(42)38-28(23-48)36(43)44/h8-17,20-21,28,34,48H,4-7,18-19,22-25H2,1-3H3,(H,38,42)(H,39,41)(H,43,44)/t28-,34-/m1/s1. The van der Waals surface area contributed by atoms with Crippen molar-refractivity contribution in [3.05, 3.63) is 78.4 Å². The number of carboxylic acid groups (broad SMARTS) is 1. The van der Waals surface area contributed by atoms with E-state index in [1.807, 2.05) is 42.7 Å². The van der Waals surface area contributed by atoms with Crippen molar-refractivity contribution in [3.63, 3.8) is 0 Å². The van der Waals surface area contributed by atoms with Gasteiger partial charge in [0, 0.05) is 29.5 Å². The van der Waals surface area contributed by atoms with Crippen LogP contribution in [-0.4, -0.2) is 68.3 Å². The molecule has 3 aromatic carbocycles. The van der Waals surface area contributed by atoms with E-state index in [1.165, 1.54) is 17.8 Å². The van der Waals surface area contributed by atoms with Gasteiger partial charge in [0.1, 0.15) is 17.8 Å². The number of hydrogen-bond donors (Lipinski definition) is 4. The lowest BCUT2D eigenvalue weighted by Gasteiger charge is -2.37. The molecule has 50 heavy (non-hydrogen) atoms. The van der Waals surface area contributed by atoms with Crippen molar-refractivity contribution in [3.8, 4) is 5.75 Å². The Morgan fingerprint density at radius 2 is 1.60 bits per heavy atom. The Labute approximate surface area is 305 Å². The molecule has 0 saturated carbocycles. The lowest BCUT2D eigenvalue weighted by atomic mass is 9.79. The molecule has 0 spiro atoms. The van der Waals surface area contributed by atoms with Gasteiger partial charge in [0.25, 0.3) is 5.91 Å². The molecule has 3 aromatic rings. The summed E-state index contributed by atoms with van der Waals surface area (Å²) in [6.07, 6.45) is 7.20. The number of para-hydroxylation sites is 1. The molecule has 1 aliphatic rings. The summed E-state index contributed by atoms with van der Waals surface area (Å²) in [5, 5.41) is 14.5. The van der Waals surface area contributed by atoms with Crippen LogP contribution in [0, 0.1) is 5.41 Å². The maximum absolute atomic E-state index is 14.4. The number of rotatable bonds is 17. The molecule has 3 N–H and O–H groups in total. The quantitative estimate of drug-likeness (QED) is 0.0909. The molecular formula is C37H47N3O7S3. The number of ether oxygens (including phenoxy) is 1. The number of thioether (sulfide) groups is 1. The molecule has 270 valence electrons. The molecule has 4 rings (SSSR count). The van der Waals surface area contributed by atoms with E-state index in [0.29, 0.717) is 22.7 Å². The molecule has 0 radical (unpaired) electrons. The third kappa shape index (κ3) is 9.76. The third-order valence-corrected chi connectivity index (χ3v) is 12.0. The Morgan fingerprint density at radius 3 is 2.16 bits per heavy atom. The highest BCUT2D eigenvalue weighted by atomic mass is 32.2. The number of aliphatic carboxylic acids is 1. The van der Waals surface area contributed by atoms with E-state index in [1.54, 1.807) is 30.3 Å². The van der Waals surface area contributed by atoms with Crippen LogP contribution in [0.25, 0.3) is 0 Å². The SMILES string of the molecule is CCCCC1(CCCC)CN(c2ccccc2)c2cc(SC)c(OCC(=O)N[C@@H](C(=O)N[C@H](CS)C(=O)O)c3ccccc3)cc2S(=O)(=O)C1. The minimum absolute atomic E-state index is 0.00631. The van der Waals surface area contributed by atoms with Gasteiger partial charge < -0.3 is 25.4 Å². The zero-order valence-corrected chi connectivity index (χ0v) is 31.3. The van der Waals surface area contributed by atoms with Gasteiger partial charge in [-0.15, -0.1) is 11.8 Å². The summed E-state index contributed by atoms with van der Waals surface area (Å²) in [5.41, 5.74) is 1.46. The minimum Gasteiger partial charge on any atom is -0.483 e. The van der Waals surface area contributed by atoms with E-state index < -0.39 is 51.7 Å². The summed E-state index contributed by atoms with van der Waals surface area (Å²) in [4.78, 5) is 41.0. The number of nitrogens with zero attached hydrogens (tertiary/aromatic N) is 1. The predicted molar refractivity (Wildman–Crippen MR) is 201 cm³/mol. The first-order chi connectivity index (χ1) is 24.0. The smallest absolute Gasteiger partial charge is 0.327 e. The summed E-state index contributed by atoms with van der Waals surface area (Å²) in [6, 6.07) is 19.2. The van der Waals surface area contributed by atoms with Crippen LogP contribution in [0.1, 0.15) is 64.0 Å². The van der Waals surface area contributed by atoms with Crippen molar-refractivity contribution in [2.24, 2.45) is 5.41 Å². The molecule has 0 bridgehead atoms. The first kappa shape index (κ1) is 39.1. The fraction of sp³-hybridized carbons (Fsp3) is 0.432. The number of thiol groups is 1. The number of nitrogens with one attached hydrogen (secondary N) is 2. The molecule has 1 aliphatic heterocycles. The Kier molecular flexibility index (Phi) is 14.1. The van der Waals surface area contributed by atoms with Gasteiger partial charge in [0.2, 0.25) is 5.91 Å². The normalized spacial score (nSPS) is 16.0. The van der Waals surface area contributed by atoms with E-state index in [2.05, 4.69) is 42.0 Å². The van der Waals surface area contributed by atoms with Gasteiger partial charge in [0.15, 0.2) is 16.4 Å². The van der Waals surface area contributed by atoms with Gasteiger partial charge in [0.05, 0.1) is 21.2 Å². The molecule has 0 aromatic heterocycles. The molecule has 2 atom stereocenters. The number of fused-ring (bicyclic) bond motifs is 1. The molecule has 1 heterocycles. The number of carbonyl (C=O) groups excluding carboxylic acids is 2. The second-order valence-electron chi connectivity index (χ2n) is 12.6. The monoisotopic (exact) mass is 741 g/mol. The zero-order chi connectivity index (χ0) is 36.3. The molecule has 0 aliphatic carbocycles. The lowest BCUT2D eigenvalue weighted by Crippen LogP contribution is -2.48. The van der Waals surface area contributed by atoms with Gasteiger partial charge in [-0.25, -0.2) is 13.2 Å². The Balaban J connectivity index is 1.68. The van der Waals surface area contributed by atoms with E-state index in [0.717, 1.165) is 44.2 Å². The number of carboxylic acids is 1. The van der Waals surface area contributed by atoms with Crippen molar-refractivity contribution in [1.29, 1.82) is 0 Å². The summed E-state index contributed by atoms with van der Waals surface area (Å²) in [5.74, 6) is -2.52. The topological polar surface area (TPSA) is 142 Å². The molecular weight excluding hydrogens is 695 g/mol. The third-order valence-electron chi connectivity index (χ3n) is 8.91. The largest absolute Gasteiger partial charge is 0.483 e. The Morgan fingerprint density at radius 1 is 0.980 bits per heavy atom. The highest BCUT2D eigenvalue weighted by Gasteiger charge is 2.42. The van der Waals surface area contributed by atoms with Gasteiger partial charge in [-0.05, 0) is 42.9 Å². The van der Waals surface area contributed by atoms with E-state index in [-0.39, 0.29) is 22.2 Å². The summed E-state index contributed by atoms with van der Waals surface area (Å²) in [7, 11) is -3.80. The zero-order valence-electron chi connectivity index (χ0n) is 28.8. The predicted octanol–water partition coefficient (Wildman–Crippen LogP) is 6.44. The van der Waals surface area contributed by atoms with E-state index in [4.69, 9.17) is 4.74 Å². The average Bonchev–Trinajstić information content (AvgIpc) is 3.21.